The number of phenols is 1. The molecule has 108 valence electrons. The summed E-state index contributed by atoms with van der Waals surface area (Å²) in [4.78, 5) is 24.1. The van der Waals surface area contributed by atoms with E-state index in [0.717, 1.165) is 0 Å². The number of benzene rings is 2. The lowest BCUT2D eigenvalue weighted by Gasteiger charge is -2.06. The number of halogens is 1. The van der Waals surface area contributed by atoms with E-state index in [0.29, 0.717) is 16.3 Å². The van der Waals surface area contributed by atoms with Crippen LogP contribution in [-0.2, 0) is 0 Å². The maximum absolute atomic E-state index is 12.1. The summed E-state index contributed by atoms with van der Waals surface area (Å²) in [6, 6.07) is 10.6. The summed E-state index contributed by atoms with van der Waals surface area (Å²) in [7, 11) is 1.46. The predicted octanol–water partition coefficient (Wildman–Crippen LogP) is 3.51. The van der Waals surface area contributed by atoms with Crippen molar-refractivity contribution in [3.05, 3.63) is 58.6 Å². The number of rotatable bonds is 5. The van der Waals surface area contributed by atoms with Crippen LogP contribution in [0.4, 0.5) is 0 Å². The standard InChI is InChI=1S/C16H13ClO4/c1-21-12-6-7-13(15(19)8-12)16(20)9-14(18)10-2-4-11(17)5-3-10/h2-8,19H,9H2,1H3. The molecule has 0 aromatic heterocycles. The van der Waals surface area contributed by atoms with Crippen LogP contribution in [0.1, 0.15) is 27.1 Å². The smallest absolute Gasteiger partial charge is 0.174 e. The van der Waals surface area contributed by atoms with Crippen molar-refractivity contribution in [1.82, 2.24) is 0 Å². The van der Waals surface area contributed by atoms with Crippen molar-refractivity contribution in [2.75, 3.05) is 7.11 Å². The van der Waals surface area contributed by atoms with Crippen LogP contribution in [0.15, 0.2) is 42.5 Å². The Kier molecular flexibility index (Phi) is 4.60. The molecule has 0 bridgehead atoms. The Morgan fingerprint density at radius 3 is 2.33 bits per heavy atom. The van der Waals surface area contributed by atoms with Crippen LogP contribution < -0.4 is 4.74 Å². The fourth-order valence-electron chi connectivity index (χ4n) is 1.85. The highest BCUT2D eigenvalue weighted by Crippen LogP contribution is 2.25. The molecule has 0 unspecified atom stereocenters. The molecule has 0 spiro atoms. The van der Waals surface area contributed by atoms with Crippen LogP contribution in [0, 0.1) is 0 Å². The average Bonchev–Trinajstić information content (AvgIpc) is 2.47. The van der Waals surface area contributed by atoms with Gasteiger partial charge in [0.25, 0.3) is 0 Å². The van der Waals surface area contributed by atoms with Crippen LogP contribution >= 0.6 is 11.6 Å². The van der Waals surface area contributed by atoms with Gasteiger partial charge in [-0.25, -0.2) is 0 Å². The number of ketones is 2. The van der Waals surface area contributed by atoms with Crippen LogP contribution in [0.3, 0.4) is 0 Å². The van der Waals surface area contributed by atoms with E-state index in [9.17, 15) is 14.7 Å². The number of Topliss-reactive ketones (excluding diaryl/α,β-unsaturated/α-hetero) is 2. The van der Waals surface area contributed by atoms with Gasteiger partial charge in [-0.05, 0) is 36.4 Å². The molecule has 1 N–H and O–H groups in total. The molecule has 0 fully saturated rings. The topological polar surface area (TPSA) is 63.6 Å². The summed E-state index contributed by atoms with van der Waals surface area (Å²) >= 11 is 5.74. The van der Waals surface area contributed by atoms with Gasteiger partial charge >= 0.3 is 0 Å². The van der Waals surface area contributed by atoms with E-state index in [2.05, 4.69) is 0 Å². The zero-order valence-electron chi connectivity index (χ0n) is 11.3. The van der Waals surface area contributed by atoms with E-state index in [1.54, 1.807) is 30.3 Å². The largest absolute Gasteiger partial charge is 0.507 e. The highest BCUT2D eigenvalue weighted by atomic mass is 35.5. The first-order valence-corrected chi connectivity index (χ1v) is 6.58. The fourth-order valence-corrected chi connectivity index (χ4v) is 1.98. The Balaban J connectivity index is 2.14. The average molecular weight is 305 g/mol. The van der Waals surface area contributed by atoms with Gasteiger partial charge in [0.1, 0.15) is 11.5 Å². The van der Waals surface area contributed by atoms with Crippen molar-refractivity contribution < 1.29 is 19.4 Å². The minimum Gasteiger partial charge on any atom is -0.507 e. The molecule has 0 aliphatic carbocycles. The second-order valence-corrected chi connectivity index (χ2v) is 4.85. The Morgan fingerprint density at radius 2 is 1.76 bits per heavy atom. The molecule has 0 aliphatic rings. The van der Waals surface area contributed by atoms with E-state index in [1.165, 1.54) is 19.2 Å². The number of phenolic OH excluding ortho intramolecular Hbond substituents is 1. The number of aromatic hydroxyl groups is 1. The summed E-state index contributed by atoms with van der Waals surface area (Å²) in [5, 5.41) is 10.3. The lowest BCUT2D eigenvalue weighted by molar-refractivity contribution is 0.0893. The van der Waals surface area contributed by atoms with Crippen molar-refractivity contribution in [3.63, 3.8) is 0 Å². The monoisotopic (exact) mass is 304 g/mol. The Labute approximate surface area is 126 Å². The number of carbonyl (C=O) groups is 2. The molecule has 0 atom stereocenters. The lowest BCUT2D eigenvalue weighted by Crippen LogP contribution is -2.08. The maximum Gasteiger partial charge on any atom is 0.174 e. The molecule has 2 aromatic rings. The lowest BCUT2D eigenvalue weighted by atomic mass is 10.0. The number of ether oxygens (including phenoxy) is 1. The first kappa shape index (κ1) is 15.1. The molecule has 0 amide bonds. The third-order valence-electron chi connectivity index (χ3n) is 2.99. The molecular weight excluding hydrogens is 292 g/mol. The molecule has 4 nitrogen and oxygen atoms in total. The predicted molar refractivity (Wildman–Crippen MR) is 79.4 cm³/mol. The van der Waals surface area contributed by atoms with Gasteiger partial charge in [-0.15, -0.1) is 0 Å². The minimum atomic E-state index is -0.449. The van der Waals surface area contributed by atoms with Crippen molar-refractivity contribution in [1.29, 1.82) is 0 Å². The Hall–Kier alpha value is -2.33. The van der Waals surface area contributed by atoms with Gasteiger partial charge < -0.3 is 9.84 Å². The molecule has 2 rings (SSSR count). The summed E-state index contributed by atoms with van der Waals surface area (Å²) in [5.41, 5.74) is 0.499. The molecule has 0 saturated heterocycles. The molecule has 0 heterocycles. The van der Waals surface area contributed by atoms with Gasteiger partial charge in [0, 0.05) is 16.7 Å². The second kappa shape index (κ2) is 6.41. The fraction of sp³-hybridized carbons (Fsp3) is 0.125. The van der Waals surface area contributed by atoms with Crippen molar-refractivity contribution in [2.24, 2.45) is 0 Å². The van der Waals surface area contributed by atoms with Crippen LogP contribution in [-0.4, -0.2) is 23.8 Å². The Bertz CT molecular complexity index is 677. The number of hydrogen-bond acceptors (Lipinski definition) is 4. The van der Waals surface area contributed by atoms with E-state index in [1.807, 2.05) is 0 Å². The highest BCUT2D eigenvalue weighted by molar-refractivity contribution is 6.30. The first-order chi connectivity index (χ1) is 10.0. The van der Waals surface area contributed by atoms with Gasteiger partial charge in [-0.3, -0.25) is 9.59 Å². The van der Waals surface area contributed by atoms with Gasteiger partial charge in [-0.1, -0.05) is 11.6 Å². The molecule has 21 heavy (non-hydrogen) atoms. The van der Waals surface area contributed by atoms with Gasteiger partial charge in [0.15, 0.2) is 11.6 Å². The summed E-state index contributed by atoms with van der Waals surface area (Å²) in [6.07, 6.45) is -0.318. The van der Waals surface area contributed by atoms with Crippen molar-refractivity contribution >= 4 is 23.2 Å². The Morgan fingerprint density at radius 1 is 1.10 bits per heavy atom. The normalized spacial score (nSPS) is 10.2. The number of carbonyl (C=O) groups excluding carboxylic acids is 2. The molecular formula is C16H13ClO4. The van der Waals surface area contributed by atoms with Gasteiger partial charge in [0.2, 0.25) is 0 Å². The van der Waals surface area contributed by atoms with Crippen LogP contribution in [0.2, 0.25) is 5.02 Å². The maximum atomic E-state index is 12.1. The van der Waals surface area contributed by atoms with E-state index < -0.39 is 5.78 Å². The van der Waals surface area contributed by atoms with Crippen molar-refractivity contribution in [2.45, 2.75) is 6.42 Å². The third-order valence-corrected chi connectivity index (χ3v) is 3.24. The summed E-state index contributed by atoms with van der Waals surface area (Å²) in [6.45, 7) is 0. The molecule has 2 aromatic carbocycles. The molecule has 0 saturated carbocycles. The number of methoxy groups -OCH3 is 1. The van der Waals surface area contributed by atoms with Crippen LogP contribution in [0.5, 0.6) is 11.5 Å². The summed E-state index contributed by atoms with van der Waals surface area (Å²) in [5.74, 6) is -0.543. The van der Waals surface area contributed by atoms with Crippen LogP contribution in [0.25, 0.3) is 0 Å². The van der Waals surface area contributed by atoms with E-state index in [-0.39, 0.29) is 23.5 Å². The SMILES string of the molecule is COc1ccc(C(=O)CC(=O)c2ccc(Cl)cc2)c(O)c1. The summed E-state index contributed by atoms with van der Waals surface area (Å²) < 4.78 is 4.94. The van der Waals surface area contributed by atoms with Gasteiger partial charge in [0.05, 0.1) is 19.1 Å². The highest BCUT2D eigenvalue weighted by Gasteiger charge is 2.17. The molecule has 5 heteroatoms. The second-order valence-electron chi connectivity index (χ2n) is 4.41. The van der Waals surface area contributed by atoms with E-state index in [4.69, 9.17) is 16.3 Å². The van der Waals surface area contributed by atoms with Gasteiger partial charge in [-0.2, -0.15) is 0 Å². The minimum absolute atomic E-state index is 0.0955. The molecule has 0 aliphatic heterocycles. The molecule has 0 radical (unpaired) electrons. The van der Waals surface area contributed by atoms with Crippen molar-refractivity contribution in [3.8, 4) is 11.5 Å². The van der Waals surface area contributed by atoms with E-state index >= 15 is 0 Å². The quantitative estimate of drug-likeness (QED) is 0.678. The number of hydrogen-bond donors (Lipinski definition) is 1. The zero-order chi connectivity index (χ0) is 15.4. The first-order valence-electron chi connectivity index (χ1n) is 6.20. The zero-order valence-corrected chi connectivity index (χ0v) is 12.1. The third kappa shape index (κ3) is 3.61.